The Hall–Kier alpha value is -1.92. The summed E-state index contributed by atoms with van der Waals surface area (Å²) in [5.74, 6) is 0.319. The van der Waals surface area contributed by atoms with E-state index in [1.807, 2.05) is 6.07 Å². The van der Waals surface area contributed by atoms with Crippen LogP contribution in [0.3, 0.4) is 0 Å². The van der Waals surface area contributed by atoms with E-state index in [0.29, 0.717) is 34.6 Å². The Balaban J connectivity index is 1.64. The standard InChI is InChI=1S/C21H23NO5/c1-22(10-11-2-3-11)7-6-20-17-12-4-5-13(23)18(17)27-19(20)14(24)9-16(25)21(20,26)15(22)8-12/h4-5,11,15,19,26H,2-3,6-10H2,1H3/p+1/t15-,19+,20+,21+,22?/m1/s1. The molecule has 5 atom stereocenters. The number of hydrogen-bond acceptors (Lipinski definition) is 5. The molecule has 1 aromatic rings. The molecule has 6 rings (SSSR count). The third kappa shape index (κ3) is 1.62. The third-order valence-electron chi connectivity index (χ3n) is 8.12. The summed E-state index contributed by atoms with van der Waals surface area (Å²) in [6, 6.07) is 3.21. The molecule has 1 spiro atoms. The second-order valence-electron chi connectivity index (χ2n) is 9.55. The number of likely N-dealkylation sites (tertiary alicyclic amines) is 1. The first kappa shape index (κ1) is 16.1. The van der Waals surface area contributed by atoms with Gasteiger partial charge in [-0.05, 0) is 24.5 Å². The zero-order valence-electron chi connectivity index (χ0n) is 15.4. The summed E-state index contributed by atoms with van der Waals surface area (Å²) < 4.78 is 6.65. The minimum atomic E-state index is -1.61. The number of rotatable bonds is 2. The minimum Gasteiger partial charge on any atom is -0.504 e. The molecule has 6 heteroatoms. The summed E-state index contributed by atoms with van der Waals surface area (Å²) in [7, 11) is 2.16. The van der Waals surface area contributed by atoms with E-state index in [9.17, 15) is 19.8 Å². The fourth-order valence-corrected chi connectivity index (χ4v) is 6.76. The molecule has 2 saturated carbocycles. The molecule has 27 heavy (non-hydrogen) atoms. The first-order valence-corrected chi connectivity index (χ1v) is 9.96. The smallest absolute Gasteiger partial charge is 0.189 e. The normalized spacial score (nSPS) is 44.1. The molecule has 6 nitrogen and oxygen atoms in total. The number of aromatic hydroxyl groups is 1. The van der Waals surface area contributed by atoms with E-state index in [0.717, 1.165) is 18.7 Å². The Morgan fingerprint density at radius 3 is 2.81 bits per heavy atom. The van der Waals surface area contributed by atoms with Crippen molar-refractivity contribution in [2.24, 2.45) is 5.92 Å². The van der Waals surface area contributed by atoms with Gasteiger partial charge >= 0.3 is 0 Å². The monoisotopic (exact) mass is 370 g/mol. The number of nitrogens with zero attached hydrogens (tertiary/aromatic N) is 1. The van der Waals surface area contributed by atoms with Crippen LogP contribution in [0.5, 0.6) is 11.5 Å². The van der Waals surface area contributed by atoms with Crippen LogP contribution in [0.1, 0.15) is 36.8 Å². The number of likely N-dealkylation sites (N-methyl/N-ethyl adjacent to an activating group) is 1. The fourth-order valence-electron chi connectivity index (χ4n) is 6.76. The van der Waals surface area contributed by atoms with E-state index < -0.39 is 17.1 Å². The summed E-state index contributed by atoms with van der Waals surface area (Å²) >= 11 is 0. The Labute approximate surface area is 157 Å². The Kier molecular flexibility index (Phi) is 2.71. The van der Waals surface area contributed by atoms with Crippen LogP contribution in [0.4, 0.5) is 0 Å². The summed E-state index contributed by atoms with van der Waals surface area (Å²) in [6.07, 6.45) is 2.37. The van der Waals surface area contributed by atoms with Crippen LogP contribution in [-0.2, 0) is 21.4 Å². The molecule has 2 aliphatic heterocycles. The highest BCUT2D eigenvalue weighted by molar-refractivity contribution is 6.11. The number of benzene rings is 1. The number of quaternary nitrogens is 1. The van der Waals surface area contributed by atoms with E-state index in [-0.39, 0.29) is 29.8 Å². The highest BCUT2D eigenvalue weighted by Crippen LogP contribution is 2.65. The van der Waals surface area contributed by atoms with Crippen LogP contribution in [0.25, 0.3) is 0 Å². The molecule has 3 aliphatic carbocycles. The average molecular weight is 370 g/mol. The van der Waals surface area contributed by atoms with Crippen LogP contribution < -0.4 is 4.74 Å². The van der Waals surface area contributed by atoms with Crippen molar-refractivity contribution < 1.29 is 29.0 Å². The molecule has 2 bridgehead atoms. The highest BCUT2D eigenvalue weighted by atomic mass is 16.5. The van der Waals surface area contributed by atoms with E-state index in [1.165, 1.54) is 12.8 Å². The van der Waals surface area contributed by atoms with Crippen molar-refractivity contribution in [1.82, 2.24) is 0 Å². The number of Topliss-reactive ketones (excluding diaryl/α,β-unsaturated/α-hetero) is 2. The van der Waals surface area contributed by atoms with E-state index in [2.05, 4.69) is 7.05 Å². The van der Waals surface area contributed by atoms with Gasteiger partial charge in [0.05, 0.1) is 32.0 Å². The van der Waals surface area contributed by atoms with Crippen molar-refractivity contribution in [3.05, 3.63) is 23.3 Å². The molecule has 0 aromatic heterocycles. The van der Waals surface area contributed by atoms with Crippen molar-refractivity contribution in [1.29, 1.82) is 0 Å². The van der Waals surface area contributed by atoms with Crippen LogP contribution in [0.2, 0.25) is 0 Å². The topological polar surface area (TPSA) is 83.8 Å². The number of ether oxygens (including phenoxy) is 1. The molecule has 142 valence electrons. The first-order valence-electron chi connectivity index (χ1n) is 9.96. The lowest BCUT2D eigenvalue weighted by atomic mass is 9.48. The van der Waals surface area contributed by atoms with Crippen LogP contribution >= 0.6 is 0 Å². The summed E-state index contributed by atoms with van der Waals surface area (Å²) in [4.78, 5) is 26.0. The van der Waals surface area contributed by atoms with E-state index in [1.54, 1.807) is 6.07 Å². The molecule has 0 amide bonds. The van der Waals surface area contributed by atoms with Gasteiger partial charge in [0.25, 0.3) is 0 Å². The summed E-state index contributed by atoms with van der Waals surface area (Å²) in [6.45, 7) is 1.77. The number of phenolic OH excluding ortho intramolecular Hbond substituents is 1. The molecule has 2 heterocycles. The van der Waals surface area contributed by atoms with E-state index >= 15 is 0 Å². The molecule has 1 saturated heterocycles. The van der Waals surface area contributed by atoms with Crippen molar-refractivity contribution in [3.8, 4) is 11.5 Å². The van der Waals surface area contributed by atoms with Gasteiger partial charge in [-0.1, -0.05) is 6.07 Å². The van der Waals surface area contributed by atoms with Gasteiger partial charge in [-0.3, -0.25) is 9.59 Å². The maximum atomic E-state index is 13.2. The summed E-state index contributed by atoms with van der Waals surface area (Å²) in [5, 5.41) is 22.4. The molecule has 5 aliphatic rings. The number of aliphatic hydroxyl groups is 1. The molecule has 1 aromatic carbocycles. The van der Waals surface area contributed by atoms with Gasteiger partial charge in [-0.15, -0.1) is 0 Å². The molecular weight excluding hydrogens is 346 g/mol. The predicted molar refractivity (Wildman–Crippen MR) is 94.5 cm³/mol. The van der Waals surface area contributed by atoms with Gasteiger partial charge in [-0.25, -0.2) is 0 Å². The second-order valence-corrected chi connectivity index (χ2v) is 9.55. The van der Waals surface area contributed by atoms with E-state index in [4.69, 9.17) is 4.74 Å². The third-order valence-corrected chi connectivity index (χ3v) is 8.12. The Morgan fingerprint density at radius 1 is 1.30 bits per heavy atom. The van der Waals surface area contributed by atoms with Crippen LogP contribution in [0.15, 0.2) is 12.1 Å². The van der Waals surface area contributed by atoms with Gasteiger partial charge < -0.3 is 19.4 Å². The maximum absolute atomic E-state index is 13.2. The molecule has 0 radical (unpaired) electrons. The lowest BCUT2D eigenvalue weighted by Crippen LogP contribution is -2.83. The number of carbonyl (C=O) groups is 2. The fraction of sp³-hybridized carbons (Fsp3) is 0.619. The van der Waals surface area contributed by atoms with Gasteiger partial charge in [0.2, 0.25) is 0 Å². The number of piperidine rings is 1. The maximum Gasteiger partial charge on any atom is 0.189 e. The quantitative estimate of drug-likeness (QED) is 0.596. The van der Waals surface area contributed by atoms with Crippen LogP contribution in [0, 0.1) is 5.92 Å². The largest absolute Gasteiger partial charge is 0.504 e. The predicted octanol–water partition coefficient (Wildman–Crippen LogP) is 0.849. The minimum absolute atomic E-state index is 0.0145. The number of ketones is 2. The first-order chi connectivity index (χ1) is 12.8. The highest BCUT2D eigenvalue weighted by Gasteiger charge is 2.79. The number of phenols is 1. The van der Waals surface area contributed by atoms with Gasteiger partial charge in [-0.2, -0.15) is 0 Å². The van der Waals surface area contributed by atoms with Gasteiger partial charge in [0.1, 0.15) is 6.04 Å². The van der Waals surface area contributed by atoms with Gasteiger partial charge in [0, 0.05) is 24.3 Å². The zero-order chi connectivity index (χ0) is 18.8. The van der Waals surface area contributed by atoms with Crippen molar-refractivity contribution in [2.45, 2.75) is 55.3 Å². The van der Waals surface area contributed by atoms with Gasteiger partial charge in [0.15, 0.2) is 34.8 Å². The van der Waals surface area contributed by atoms with Crippen LogP contribution in [-0.4, -0.2) is 64.1 Å². The second kappa shape index (κ2) is 4.55. The lowest BCUT2D eigenvalue weighted by molar-refractivity contribution is -0.948. The summed E-state index contributed by atoms with van der Waals surface area (Å²) in [5.41, 5.74) is -0.945. The van der Waals surface area contributed by atoms with Crippen molar-refractivity contribution in [2.75, 3.05) is 20.1 Å². The molecule has 1 unspecified atom stereocenters. The molecule has 2 N–H and O–H groups in total. The van der Waals surface area contributed by atoms with Crippen molar-refractivity contribution in [3.63, 3.8) is 0 Å². The van der Waals surface area contributed by atoms with Crippen molar-refractivity contribution >= 4 is 11.6 Å². The molecule has 3 fully saturated rings. The SMILES string of the molecule is C[N+]1(CC2CC2)CC[C@]23c4c5ccc(O)c4O[C@H]2C(=O)CC(=O)[C@@]3(O)[C@H]1C5. The zero-order valence-corrected chi connectivity index (χ0v) is 15.4. The number of carbonyl (C=O) groups excluding carboxylic acids is 2. The molecular formula is C21H24NO5+. The number of hydrogen-bond donors (Lipinski definition) is 2. The lowest BCUT2D eigenvalue weighted by Gasteiger charge is -2.63. The Bertz CT molecular complexity index is 923. The average Bonchev–Trinajstić information content (AvgIpc) is 3.34. The Morgan fingerprint density at radius 2 is 2.07 bits per heavy atom.